The molecule has 1 amide bonds. The number of nitrogens with zero attached hydrogens (tertiary/aromatic N) is 3. The molecule has 2 N–H and O–H groups in total. The van der Waals surface area contributed by atoms with Gasteiger partial charge < -0.3 is 10.5 Å². The summed E-state index contributed by atoms with van der Waals surface area (Å²) in [5.41, 5.74) is 8.64. The molecule has 6 heteroatoms. The van der Waals surface area contributed by atoms with Gasteiger partial charge >= 0.3 is 6.09 Å². The first kappa shape index (κ1) is 12.5. The molecule has 0 saturated carbocycles. The summed E-state index contributed by atoms with van der Waals surface area (Å²) in [6, 6.07) is 9.60. The van der Waals surface area contributed by atoms with E-state index in [9.17, 15) is 4.79 Å². The molecule has 0 fully saturated rings. The van der Waals surface area contributed by atoms with Gasteiger partial charge in [0.1, 0.15) is 12.4 Å². The summed E-state index contributed by atoms with van der Waals surface area (Å²) < 4.78 is 6.93. The standard InChI is InChI=1S/C14H16N4O2/c1-17-13(15)11-7-18(8-12(11)16-17)14(19)20-9-10-5-3-2-4-6-10/h2-6H,7-9,15H2,1H3. The number of nitrogen functional groups attached to an aromatic ring is 1. The van der Waals surface area contributed by atoms with E-state index in [4.69, 9.17) is 10.5 Å². The molecule has 1 aromatic carbocycles. The molecule has 20 heavy (non-hydrogen) atoms. The summed E-state index contributed by atoms with van der Waals surface area (Å²) >= 11 is 0. The second-order valence-electron chi connectivity index (χ2n) is 4.83. The van der Waals surface area contributed by atoms with E-state index < -0.39 is 0 Å². The molecule has 6 nitrogen and oxygen atoms in total. The summed E-state index contributed by atoms with van der Waals surface area (Å²) in [5.74, 6) is 0.610. The number of anilines is 1. The lowest BCUT2D eigenvalue weighted by molar-refractivity contribution is 0.0950. The minimum atomic E-state index is -0.339. The van der Waals surface area contributed by atoms with E-state index >= 15 is 0 Å². The molecule has 0 atom stereocenters. The Morgan fingerprint density at radius 2 is 2.10 bits per heavy atom. The molecule has 0 saturated heterocycles. The number of hydrogen-bond donors (Lipinski definition) is 1. The van der Waals surface area contributed by atoms with Crippen molar-refractivity contribution in [1.82, 2.24) is 14.7 Å². The van der Waals surface area contributed by atoms with Crippen LogP contribution >= 0.6 is 0 Å². The highest BCUT2D eigenvalue weighted by atomic mass is 16.6. The molecule has 1 aromatic heterocycles. The third-order valence-electron chi connectivity index (χ3n) is 3.43. The Morgan fingerprint density at radius 1 is 1.35 bits per heavy atom. The van der Waals surface area contributed by atoms with E-state index in [2.05, 4.69) is 5.10 Å². The first-order chi connectivity index (χ1) is 9.65. The van der Waals surface area contributed by atoms with E-state index in [0.29, 0.717) is 18.9 Å². The molecule has 0 spiro atoms. The predicted molar refractivity (Wildman–Crippen MR) is 73.5 cm³/mol. The topological polar surface area (TPSA) is 73.4 Å². The molecule has 1 aliphatic rings. The van der Waals surface area contributed by atoms with Crippen molar-refractivity contribution in [2.24, 2.45) is 7.05 Å². The fourth-order valence-electron chi connectivity index (χ4n) is 2.30. The van der Waals surface area contributed by atoms with E-state index in [-0.39, 0.29) is 12.7 Å². The van der Waals surface area contributed by atoms with Crippen LogP contribution in [0.4, 0.5) is 10.6 Å². The van der Waals surface area contributed by atoms with Gasteiger partial charge in [-0.25, -0.2) is 4.79 Å². The number of carbonyl (C=O) groups excluding carboxylic acids is 1. The largest absolute Gasteiger partial charge is 0.445 e. The molecule has 0 unspecified atom stereocenters. The van der Waals surface area contributed by atoms with Crippen LogP contribution in [0.3, 0.4) is 0 Å². The third-order valence-corrected chi connectivity index (χ3v) is 3.43. The van der Waals surface area contributed by atoms with Crippen LogP contribution in [0.25, 0.3) is 0 Å². The van der Waals surface area contributed by atoms with Crippen LogP contribution in [-0.4, -0.2) is 20.8 Å². The second-order valence-corrected chi connectivity index (χ2v) is 4.83. The first-order valence-electron chi connectivity index (χ1n) is 6.41. The van der Waals surface area contributed by atoms with Crippen LogP contribution < -0.4 is 5.73 Å². The molecule has 0 radical (unpaired) electrons. The van der Waals surface area contributed by atoms with Gasteiger partial charge in [0.2, 0.25) is 0 Å². The number of aromatic nitrogens is 2. The SMILES string of the molecule is Cn1nc2c(c1N)CN(C(=O)OCc1ccccc1)C2. The van der Waals surface area contributed by atoms with Crippen molar-refractivity contribution in [3.05, 3.63) is 47.2 Å². The van der Waals surface area contributed by atoms with Gasteiger partial charge in [-0.1, -0.05) is 30.3 Å². The molecule has 2 heterocycles. The van der Waals surface area contributed by atoms with Gasteiger partial charge in [0.25, 0.3) is 0 Å². The number of carbonyl (C=O) groups is 1. The van der Waals surface area contributed by atoms with Crippen molar-refractivity contribution >= 4 is 11.9 Å². The van der Waals surface area contributed by atoms with E-state index in [1.54, 1.807) is 16.6 Å². The molecule has 3 rings (SSSR count). The fraction of sp³-hybridized carbons (Fsp3) is 0.286. The lowest BCUT2D eigenvalue weighted by atomic mass is 10.2. The van der Waals surface area contributed by atoms with Gasteiger partial charge in [-0.2, -0.15) is 5.10 Å². The normalized spacial score (nSPS) is 13.3. The van der Waals surface area contributed by atoms with Gasteiger partial charge in [0.15, 0.2) is 0 Å². The second kappa shape index (κ2) is 4.88. The minimum Gasteiger partial charge on any atom is -0.445 e. The number of fused-ring (bicyclic) bond motifs is 1. The summed E-state index contributed by atoms with van der Waals surface area (Å²) in [5, 5.41) is 4.28. The van der Waals surface area contributed by atoms with Crippen LogP contribution in [0, 0.1) is 0 Å². The Hall–Kier alpha value is -2.50. The smallest absolute Gasteiger partial charge is 0.410 e. The summed E-state index contributed by atoms with van der Waals surface area (Å²) in [7, 11) is 1.80. The quantitative estimate of drug-likeness (QED) is 0.902. The van der Waals surface area contributed by atoms with Crippen molar-refractivity contribution in [1.29, 1.82) is 0 Å². The highest BCUT2D eigenvalue weighted by Crippen LogP contribution is 2.27. The average Bonchev–Trinajstić information content (AvgIpc) is 2.98. The van der Waals surface area contributed by atoms with E-state index in [0.717, 1.165) is 16.8 Å². The van der Waals surface area contributed by atoms with Gasteiger partial charge in [-0.3, -0.25) is 9.58 Å². The number of nitrogens with two attached hydrogens (primary N) is 1. The van der Waals surface area contributed by atoms with E-state index in [1.807, 2.05) is 30.3 Å². The third kappa shape index (κ3) is 2.20. The highest BCUT2D eigenvalue weighted by molar-refractivity contribution is 5.69. The molecule has 2 aromatic rings. The predicted octanol–water partition coefficient (Wildman–Crippen LogP) is 1.65. The first-order valence-corrected chi connectivity index (χ1v) is 6.41. The van der Waals surface area contributed by atoms with Crippen molar-refractivity contribution in [3.63, 3.8) is 0 Å². The zero-order valence-electron chi connectivity index (χ0n) is 11.2. The maximum atomic E-state index is 12.0. The number of benzene rings is 1. The molecule has 0 aliphatic carbocycles. The summed E-state index contributed by atoms with van der Waals surface area (Å²) in [6.45, 7) is 1.19. The lowest BCUT2D eigenvalue weighted by Crippen LogP contribution is -2.26. The molecular formula is C14H16N4O2. The van der Waals surface area contributed by atoms with Gasteiger partial charge in [0.05, 0.1) is 18.8 Å². The van der Waals surface area contributed by atoms with E-state index in [1.165, 1.54) is 0 Å². The highest BCUT2D eigenvalue weighted by Gasteiger charge is 2.29. The number of hydrogen-bond acceptors (Lipinski definition) is 4. The number of rotatable bonds is 2. The molecular weight excluding hydrogens is 256 g/mol. The van der Waals surface area contributed by atoms with Crippen LogP contribution in [0.5, 0.6) is 0 Å². The Balaban J connectivity index is 1.60. The lowest BCUT2D eigenvalue weighted by Gasteiger charge is -2.15. The maximum absolute atomic E-state index is 12.0. The van der Waals surface area contributed by atoms with Crippen LogP contribution in [0.15, 0.2) is 30.3 Å². The molecule has 0 bridgehead atoms. The van der Waals surface area contributed by atoms with Crippen molar-refractivity contribution in [2.45, 2.75) is 19.7 Å². The van der Waals surface area contributed by atoms with Crippen LogP contribution in [-0.2, 0) is 31.5 Å². The van der Waals surface area contributed by atoms with Crippen LogP contribution in [0.1, 0.15) is 16.8 Å². The van der Waals surface area contributed by atoms with Crippen LogP contribution in [0.2, 0.25) is 0 Å². The van der Waals surface area contributed by atoms with Gasteiger partial charge in [-0.15, -0.1) is 0 Å². The van der Waals surface area contributed by atoms with Gasteiger partial charge in [0, 0.05) is 12.6 Å². The fourth-order valence-corrected chi connectivity index (χ4v) is 2.30. The Labute approximate surface area is 116 Å². The Bertz CT molecular complexity index is 636. The van der Waals surface area contributed by atoms with Gasteiger partial charge in [-0.05, 0) is 5.56 Å². The Kier molecular flexibility index (Phi) is 3.06. The van der Waals surface area contributed by atoms with Crippen molar-refractivity contribution in [2.75, 3.05) is 5.73 Å². The average molecular weight is 272 g/mol. The minimum absolute atomic E-state index is 0.275. The zero-order valence-corrected chi connectivity index (χ0v) is 11.2. The summed E-state index contributed by atoms with van der Waals surface area (Å²) in [6.07, 6.45) is -0.339. The van der Waals surface area contributed by atoms with Crippen molar-refractivity contribution < 1.29 is 9.53 Å². The van der Waals surface area contributed by atoms with Crippen molar-refractivity contribution in [3.8, 4) is 0 Å². The monoisotopic (exact) mass is 272 g/mol. The molecule has 1 aliphatic heterocycles. The number of amides is 1. The number of aryl methyl sites for hydroxylation is 1. The molecule has 104 valence electrons. The Morgan fingerprint density at radius 3 is 2.80 bits per heavy atom. The number of ether oxygens (including phenoxy) is 1. The summed E-state index contributed by atoms with van der Waals surface area (Å²) in [4.78, 5) is 13.6. The zero-order chi connectivity index (χ0) is 14.1. The maximum Gasteiger partial charge on any atom is 0.410 e.